The SMILES string of the molecule is CCOc1cc(C#N)c(Br)cc1OCc1ccccc1Cl. The average molecular weight is 367 g/mol. The molecule has 5 heteroatoms. The van der Waals surface area contributed by atoms with E-state index in [0.29, 0.717) is 39.8 Å². The van der Waals surface area contributed by atoms with Crippen LogP contribution in [-0.2, 0) is 6.61 Å². The van der Waals surface area contributed by atoms with Crippen molar-refractivity contribution in [1.82, 2.24) is 0 Å². The molecule has 0 unspecified atom stereocenters. The largest absolute Gasteiger partial charge is 0.490 e. The summed E-state index contributed by atoms with van der Waals surface area (Å²) in [5.41, 5.74) is 1.39. The topological polar surface area (TPSA) is 42.2 Å². The van der Waals surface area contributed by atoms with E-state index >= 15 is 0 Å². The quantitative estimate of drug-likeness (QED) is 0.751. The average Bonchev–Trinajstić information content (AvgIpc) is 2.48. The lowest BCUT2D eigenvalue weighted by atomic mass is 10.2. The molecule has 0 heterocycles. The van der Waals surface area contributed by atoms with Gasteiger partial charge in [-0.1, -0.05) is 29.8 Å². The maximum absolute atomic E-state index is 9.05. The zero-order valence-electron chi connectivity index (χ0n) is 11.4. The van der Waals surface area contributed by atoms with Crippen molar-refractivity contribution in [2.75, 3.05) is 6.61 Å². The molecular weight excluding hydrogens is 354 g/mol. The van der Waals surface area contributed by atoms with E-state index in [2.05, 4.69) is 22.0 Å². The monoisotopic (exact) mass is 365 g/mol. The molecule has 0 aliphatic heterocycles. The van der Waals surface area contributed by atoms with E-state index in [1.807, 2.05) is 31.2 Å². The molecule has 108 valence electrons. The molecule has 0 amide bonds. The lowest BCUT2D eigenvalue weighted by Gasteiger charge is -2.13. The van der Waals surface area contributed by atoms with Crippen LogP contribution in [0.4, 0.5) is 0 Å². The molecule has 0 saturated carbocycles. The molecule has 2 aromatic carbocycles. The van der Waals surface area contributed by atoms with Crippen LogP contribution in [0.15, 0.2) is 40.9 Å². The highest BCUT2D eigenvalue weighted by Crippen LogP contribution is 2.34. The summed E-state index contributed by atoms with van der Waals surface area (Å²) in [6.07, 6.45) is 0. The van der Waals surface area contributed by atoms with E-state index in [1.54, 1.807) is 12.1 Å². The van der Waals surface area contributed by atoms with Crippen LogP contribution < -0.4 is 9.47 Å². The maximum atomic E-state index is 9.05. The van der Waals surface area contributed by atoms with Crippen LogP contribution in [0.2, 0.25) is 5.02 Å². The molecule has 0 N–H and O–H groups in total. The van der Waals surface area contributed by atoms with Crippen LogP contribution >= 0.6 is 27.5 Å². The molecule has 3 nitrogen and oxygen atoms in total. The summed E-state index contributed by atoms with van der Waals surface area (Å²) < 4.78 is 12.0. The molecule has 0 aliphatic rings. The summed E-state index contributed by atoms with van der Waals surface area (Å²) >= 11 is 9.46. The van der Waals surface area contributed by atoms with Crippen molar-refractivity contribution in [3.05, 3.63) is 57.0 Å². The number of hydrogen-bond acceptors (Lipinski definition) is 3. The van der Waals surface area contributed by atoms with Gasteiger partial charge in [-0.3, -0.25) is 0 Å². The molecule has 2 aromatic rings. The van der Waals surface area contributed by atoms with Gasteiger partial charge in [-0.2, -0.15) is 5.26 Å². The van der Waals surface area contributed by atoms with Gasteiger partial charge in [-0.05, 0) is 35.0 Å². The Morgan fingerprint density at radius 2 is 1.90 bits per heavy atom. The third-order valence-electron chi connectivity index (χ3n) is 2.79. The number of nitrogens with zero attached hydrogens (tertiary/aromatic N) is 1. The molecule has 0 saturated heterocycles. The fourth-order valence-corrected chi connectivity index (χ4v) is 2.37. The predicted octanol–water partition coefficient (Wildman–Crippen LogP) is 4.95. The van der Waals surface area contributed by atoms with Crippen molar-refractivity contribution in [1.29, 1.82) is 5.26 Å². The third-order valence-corrected chi connectivity index (χ3v) is 3.82. The first-order valence-electron chi connectivity index (χ1n) is 6.38. The zero-order chi connectivity index (χ0) is 15.2. The molecule has 0 fully saturated rings. The minimum absolute atomic E-state index is 0.331. The summed E-state index contributed by atoms with van der Waals surface area (Å²) in [5.74, 6) is 1.12. The normalized spacial score (nSPS) is 10.0. The number of hydrogen-bond donors (Lipinski definition) is 0. The van der Waals surface area contributed by atoms with E-state index in [1.165, 1.54) is 0 Å². The van der Waals surface area contributed by atoms with Gasteiger partial charge in [0.05, 0.1) is 12.2 Å². The third kappa shape index (κ3) is 3.90. The molecule has 0 radical (unpaired) electrons. The van der Waals surface area contributed by atoms with Crippen LogP contribution in [0, 0.1) is 11.3 Å². The van der Waals surface area contributed by atoms with Crippen LogP contribution in [0.1, 0.15) is 18.1 Å². The molecule has 0 bridgehead atoms. The Labute approximate surface area is 137 Å². The molecule has 0 aromatic heterocycles. The summed E-state index contributed by atoms with van der Waals surface area (Å²) in [4.78, 5) is 0. The Balaban J connectivity index is 2.25. The lowest BCUT2D eigenvalue weighted by molar-refractivity contribution is 0.269. The van der Waals surface area contributed by atoms with E-state index in [4.69, 9.17) is 26.3 Å². The van der Waals surface area contributed by atoms with Crippen molar-refractivity contribution >= 4 is 27.5 Å². The molecular formula is C16H13BrClNO2. The lowest BCUT2D eigenvalue weighted by Crippen LogP contribution is -2.01. The summed E-state index contributed by atoms with van der Waals surface area (Å²) in [6, 6.07) is 13.0. The van der Waals surface area contributed by atoms with Gasteiger partial charge < -0.3 is 9.47 Å². The number of benzene rings is 2. The highest BCUT2D eigenvalue weighted by molar-refractivity contribution is 9.10. The Bertz CT molecular complexity index is 682. The van der Waals surface area contributed by atoms with Crippen molar-refractivity contribution in [3.8, 4) is 17.6 Å². The number of ether oxygens (including phenoxy) is 2. The van der Waals surface area contributed by atoms with Crippen molar-refractivity contribution in [2.24, 2.45) is 0 Å². The van der Waals surface area contributed by atoms with Gasteiger partial charge in [0.25, 0.3) is 0 Å². The minimum atomic E-state index is 0.331. The highest BCUT2D eigenvalue weighted by atomic mass is 79.9. The van der Waals surface area contributed by atoms with Crippen LogP contribution in [0.25, 0.3) is 0 Å². The van der Waals surface area contributed by atoms with E-state index in [0.717, 1.165) is 5.56 Å². The van der Waals surface area contributed by atoms with Crippen LogP contribution in [0.5, 0.6) is 11.5 Å². The number of nitriles is 1. The van der Waals surface area contributed by atoms with Gasteiger partial charge in [0.15, 0.2) is 11.5 Å². The smallest absolute Gasteiger partial charge is 0.162 e. The Morgan fingerprint density at radius 1 is 1.19 bits per heavy atom. The second-order valence-electron chi connectivity index (χ2n) is 4.20. The van der Waals surface area contributed by atoms with Gasteiger partial charge in [0.2, 0.25) is 0 Å². The van der Waals surface area contributed by atoms with Crippen LogP contribution in [0.3, 0.4) is 0 Å². The summed E-state index contributed by atoms with van der Waals surface area (Å²) in [5, 5.41) is 9.71. The molecule has 21 heavy (non-hydrogen) atoms. The predicted molar refractivity (Wildman–Crippen MR) is 85.8 cm³/mol. The Morgan fingerprint density at radius 3 is 2.57 bits per heavy atom. The minimum Gasteiger partial charge on any atom is -0.490 e. The second kappa shape index (κ2) is 7.35. The van der Waals surface area contributed by atoms with Crippen molar-refractivity contribution in [3.63, 3.8) is 0 Å². The van der Waals surface area contributed by atoms with Gasteiger partial charge in [-0.15, -0.1) is 0 Å². The van der Waals surface area contributed by atoms with Gasteiger partial charge in [0, 0.05) is 21.1 Å². The summed E-state index contributed by atoms with van der Waals surface area (Å²) in [6.45, 7) is 2.71. The zero-order valence-corrected chi connectivity index (χ0v) is 13.7. The molecule has 0 atom stereocenters. The Hall–Kier alpha value is -1.70. The second-order valence-corrected chi connectivity index (χ2v) is 5.47. The molecule has 0 aliphatic carbocycles. The van der Waals surface area contributed by atoms with E-state index < -0.39 is 0 Å². The number of rotatable bonds is 5. The van der Waals surface area contributed by atoms with Crippen LogP contribution in [-0.4, -0.2) is 6.61 Å². The van der Waals surface area contributed by atoms with Crippen molar-refractivity contribution in [2.45, 2.75) is 13.5 Å². The maximum Gasteiger partial charge on any atom is 0.162 e. The number of halogens is 2. The fraction of sp³-hybridized carbons (Fsp3) is 0.188. The van der Waals surface area contributed by atoms with Gasteiger partial charge >= 0.3 is 0 Å². The fourth-order valence-electron chi connectivity index (χ4n) is 1.77. The van der Waals surface area contributed by atoms with E-state index in [9.17, 15) is 0 Å². The molecule has 0 spiro atoms. The van der Waals surface area contributed by atoms with E-state index in [-0.39, 0.29) is 0 Å². The summed E-state index contributed by atoms with van der Waals surface area (Å²) in [7, 11) is 0. The van der Waals surface area contributed by atoms with Gasteiger partial charge in [0.1, 0.15) is 12.7 Å². The van der Waals surface area contributed by atoms with Crippen molar-refractivity contribution < 1.29 is 9.47 Å². The highest BCUT2D eigenvalue weighted by Gasteiger charge is 2.11. The first-order valence-corrected chi connectivity index (χ1v) is 7.55. The first-order chi connectivity index (χ1) is 10.2. The molecule has 2 rings (SSSR count). The first kappa shape index (κ1) is 15.7. The van der Waals surface area contributed by atoms with Gasteiger partial charge in [-0.25, -0.2) is 0 Å². The Kier molecular flexibility index (Phi) is 5.49. The standard InChI is InChI=1S/C16H13BrClNO2/c1-2-20-15-7-12(9-19)13(17)8-16(15)21-10-11-5-3-4-6-14(11)18/h3-8H,2,10H2,1H3.